The van der Waals surface area contributed by atoms with E-state index in [0.29, 0.717) is 36.8 Å². The average molecular weight is 489 g/mol. The van der Waals surface area contributed by atoms with Gasteiger partial charge in [0.25, 0.3) is 0 Å². The number of hydrogen-bond acceptors (Lipinski definition) is 8. The topological polar surface area (TPSA) is 120 Å². The maximum absolute atomic E-state index is 13.1. The first-order valence-corrected chi connectivity index (χ1v) is 12.8. The van der Waals surface area contributed by atoms with Crippen LogP contribution in [0.15, 0.2) is 52.7 Å². The van der Waals surface area contributed by atoms with Gasteiger partial charge in [-0.05, 0) is 41.7 Å². The van der Waals surface area contributed by atoms with E-state index in [0.717, 1.165) is 11.3 Å². The van der Waals surface area contributed by atoms with Gasteiger partial charge in [0.2, 0.25) is 15.9 Å². The molecule has 3 aromatic rings. The van der Waals surface area contributed by atoms with E-state index in [9.17, 15) is 13.2 Å². The lowest BCUT2D eigenvalue weighted by Gasteiger charge is -2.22. The number of aromatic nitrogens is 2. The van der Waals surface area contributed by atoms with Crippen LogP contribution in [-0.4, -0.2) is 43.2 Å². The molecule has 1 amide bonds. The van der Waals surface area contributed by atoms with Gasteiger partial charge in [-0.25, -0.2) is 8.42 Å². The van der Waals surface area contributed by atoms with Crippen molar-refractivity contribution in [3.8, 4) is 22.8 Å². The molecule has 0 saturated carbocycles. The fourth-order valence-electron chi connectivity index (χ4n) is 3.27. The Hall–Kier alpha value is -3.02. The largest absolute Gasteiger partial charge is 0.490 e. The summed E-state index contributed by atoms with van der Waals surface area (Å²) in [4.78, 5) is 13.0. The summed E-state index contributed by atoms with van der Waals surface area (Å²) in [6.45, 7) is 4.51. The second-order valence-corrected chi connectivity index (χ2v) is 10.2. The molecule has 1 aliphatic heterocycles. The van der Waals surface area contributed by atoms with Crippen LogP contribution >= 0.6 is 11.5 Å². The lowest BCUT2D eigenvalue weighted by atomic mass is 10.0. The maximum atomic E-state index is 13.1. The van der Waals surface area contributed by atoms with Crippen molar-refractivity contribution in [1.29, 1.82) is 0 Å². The van der Waals surface area contributed by atoms with Crippen LogP contribution in [0.25, 0.3) is 11.3 Å². The van der Waals surface area contributed by atoms with E-state index in [1.165, 1.54) is 23.7 Å². The predicted octanol–water partition coefficient (Wildman–Crippen LogP) is 3.31. The molecule has 2 aromatic carbocycles. The third kappa shape index (κ3) is 5.49. The number of ether oxygens (including phenoxy) is 2. The van der Waals surface area contributed by atoms with Crippen LogP contribution in [0.2, 0.25) is 0 Å². The minimum absolute atomic E-state index is 0.00595. The zero-order valence-electron chi connectivity index (χ0n) is 18.1. The second kappa shape index (κ2) is 9.86. The predicted molar refractivity (Wildman–Crippen MR) is 125 cm³/mol. The summed E-state index contributed by atoms with van der Waals surface area (Å²) >= 11 is 1.26. The Labute approximate surface area is 196 Å². The Morgan fingerprint density at radius 1 is 1.06 bits per heavy atom. The first-order valence-electron chi connectivity index (χ1n) is 10.4. The highest BCUT2D eigenvalue weighted by Gasteiger charge is 2.29. The highest BCUT2D eigenvalue weighted by molar-refractivity contribution is 7.89. The van der Waals surface area contributed by atoms with Crippen LogP contribution in [0.5, 0.6) is 11.5 Å². The van der Waals surface area contributed by atoms with E-state index in [4.69, 9.17) is 9.47 Å². The van der Waals surface area contributed by atoms with Gasteiger partial charge in [0, 0.05) is 29.1 Å². The van der Waals surface area contributed by atoms with Crippen LogP contribution in [0.4, 0.5) is 5.69 Å². The summed E-state index contributed by atoms with van der Waals surface area (Å²) in [6, 6.07) is 10.6. The molecule has 1 atom stereocenters. The second-order valence-electron chi connectivity index (χ2n) is 7.86. The maximum Gasteiger partial charge on any atom is 0.242 e. The monoisotopic (exact) mass is 488 g/mol. The van der Waals surface area contributed by atoms with Crippen LogP contribution in [0.3, 0.4) is 0 Å². The fourth-order valence-corrected chi connectivity index (χ4v) is 5.10. The van der Waals surface area contributed by atoms with E-state index in [1.807, 2.05) is 17.5 Å². The Morgan fingerprint density at radius 2 is 1.79 bits per heavy atom. The van der Waals surface area contributed by atoms with Crippen LogP contribution < -0.4 is 19.5 Å². The summed E-state index contributed by atoms with van der Waals surface area (Å²) in [6.07, 6.45) is 0.715. The van der Waals surface area contributed by atoms with Gasteiger partial charge in [-0.1, -0.05) is 30.5 Å². The minimum atomic E-state index is -3.98. The molecule has 0 fully saturated rings. The number of nitrogens with one attached hydrogen (secondary N) is 2. The molecule has 0 bridgehead atoms. The zero-order chi connectivity index (χ0) is 23.4. The number of carbonyl (C=O) groups excluding carboxylic acids is 1. The van der Waals surface area contributed by atoms with Gasteiger partial charge >= 0.3 is 0 Å². The van der Waals surface area contributed by atoms with Crippen molar-refractivity contribution in [3.05, 3.63) is 47.8 Å². The first-order chi connectivity index (χ1) is 15.8. The number of sulfonamides is 1. The van der Waals surface area contributed by atoms with Crippen molar-refractivity contribution in [3.63, 3.8) is 0 Å². The SMILES string of the molecule is CC(C)C(NS(=O)(=O)c1ccc2c(c1)OCCCO2)C(=O)Nc1ccc(-c2csnn2)cc1. The summed E-state index contributed by atoms with van der Waals surface area (Å²) in [5.74, 6) is 0.129. The molecule has 2 heterocycles. The van der Waals surface area contributed by atoms with Gasteiger partial charge in [0.05, 0.1) is 18.1 Å². The summed E-state index contributed by atoms with van der Waals surface area (Å²) in [7, 11) is -3.98. The van der Waals surface area contributed by atoms with Gasteiger partial charge in [-0.2, -0.15) is 4.72 Å². The van der Waals surface area contributed by atoms with Crippen molar-refractivity contribution < 1.29 is 22.7 Å². The molecule has 2 N–H and O–H groups in total. The lowest BCUT2D eigenvalue weighted by molar-refractivity contribution is -0.118. The number of anilines is 1. The number of nitrogens with zero attached hydrogens (tertiary/aromatic N) is 2. The normalized spacial score (nSPS) is 14.5. The molecule has 1 aromatic heterocycles. The molecule has 11 heteroatoms. The number of carbonyl (C=O) groups is 1. The molecular formula is C22H24N4O5S2. The average Bonchev–Trinajstić information content (AvgIpc) is 3.23. The van der Waals surface area contributed by atoms with Crippen molar-refractivity contribution >= 4 is 33.2 Å². The third-order valence-electron chi connectivity index (χ3n) is 5.07. The van der Waals surface area contributed by atoms with Gasteiger partial charge in [-0.15, -0.1) is 5.10 Å². The molecular weight excluding hydrogens is 464 g/mol. The van der Waals surface area contributed by atoms with Gasteiger partial charge in [0.1, 0.15) is 11.7 Å². The van der Waals surface area contributed by atoms with Gasteiger partial charge in [-0.3, -0.25) is 4.79 Å². The molecule has 174 valence electrons. The minimum Gasteiger partial charge on any atom is -0.490 e. The number of rotatable bonds is 7. The Morgan fingerprint density at radius 3 is 2.45 bits per heavy atom. The third-order valence-corrected chi connectivity index (χ3v) is 7.01. The number of amides is 1. The molecule has 33 heavy (non-hydrogen) atoms. The standard InChI is InChI=1S/C22H24N4O5S2/c1-14(2)21(22(27)23-16-6-4-15(5-7-16)18-13-32-26-24-18)25-33(28,29)17-8-9-19-20(12-17)31-11-3-10-30-19/h4-9,12-14,21,25H,3,10-11H2,1-2H3,(H,23,27). The molecule has 0 saturated heterocycles. The van der Waals surface area contributed by atoms with Crippen molar-refractivity contribution in [1.82, 2.24) is 14.3 Å². The van der Waals surface area contributed by atoms with Crippen LogP contribution in [0.1, 0.15) is 20.3 Å². The van der Waals surface area contributed by atoms with E-state index in [1.54, 1.807) is 32.0 Å². The fraction of sp³-hybridized carbons (Fsp3) is 0.318. The van der Waals surface area contributed by atoms with E-state index in [-0.39, 0.29) is 10.8 Å². The Balaban J connectivity index is 1.48. The molecule has 1 unspecified atom stereocenters. The summed E-state index contributed by atoms with van der Waals surface area (Å²) in [5.41, 5.74) is 2.17. The Kier molecular flexibility index (Phi) is 6.91. The van der Waals surface area contributed by atoms with E-state index >= 15 is 0 Å². The van der Waals surface area contributed by atoms with Crippen LogP contribution in [0, 0.1) is 5.92 Å². The highest BCUT2D eigenvalue weighted by Crippen LogP contribution is 2.32. The number of fused-ring (bicyclic) bond motifs is 1. The molecule has 0 radical (unpaired) electrons. The highest BCUT2D eigenvalue weighted by atomic mass is 32.2. The van der Waals surface area contributed by atoms with Crippen LogP contribution in [-0.2, 0) is 14.8 Å². The molecule has 1 aliphatic rings. The Bertz CT molecular complexity index is 1210. The molecule has 9 nitrogen and oxygen atoms in total. The van der Waals surface area contributed by atoms with E-state index in [2.05, 4.69) is 19.6 Å². The molecule has 0 aliphatic carbocycles. The van der Waals surface area contributed by atoms with Gasteiger partial charge < -0.3 is 14.8 Å². The zero-order valence-corrected chi connectivity index (χ0v) is 19.8. The quantitative estimate of drug-likeness (QED) is 0.524. The van der Waals surface area contributed by atoms with Crippen molar-refractivity contribution in [2.45, 2.75) is 31.2 Å². The first kappa shape index (κ1) is 23.1. The summed E-state index contributed by atoms with van der Waals surface area (Å²) in [5, 5.41) is 8.63. The summed E-state index contributed by atoms with van der Waals surface area (Å²) < 4.78 is 43.6. The van der Waals surface area contributed by atoms with Crippen molar-refractivity contribution in [2.24, 2.45) is 5.92 Å². The lowest BCUT2D eigenvalue weighted by Crippen LogP contribution is -2.47. The number of hydrogen-bond donors (Lipinski definition) is 2. The molecule has 0 spiro atoms. The number of benzene rings is 2. The van der Waals surface area contributed by atoms with Crippen molar-refractivity contribution in [2.75, 3.05) is 18.5 Å². The van der Waals surface area contributed by atoms with E-state index < -0.39 is 22.0 Å². The van der Waals surface area contributed by atoms with Gasteiger partial charge in [0.15, 0.2) is 11.5 Å². The smallest absolute Gasteiger partial charge is 0.242 e. The molecule has 4 rings (SSSR count).